The molecule has 0 heterocycles. The van der Waals surface area contributed by atoms with E-state index < -0.39 is 0 Å². The Morgan fingerprint density at radius 1 is 0.278 bits per heavy atom. The van der Waals surface area contributed by atoms with Crippen molar-refractivity contribution < 1.29 is 0 Å². The minimum Gasteiger partial charge on any atom is -0.0622 e. The molecule has 9 rings (SSSR count). The summed E-state index contributed by atoms with van der Waals surface area (Å²) >= 11 is 0. The zero-order valence-electron chi connectivity index (χ0n) is 19.5. The van der Waals surface area contributed by atoms with Gasteiger partial charge in [-0.05, 0) is 98.7 Å². The molecule has 0 saturated carbocycles. The van der Waals surface area contributed by atoms with Crippen LogP contribution in [0.25, 0.3) is 86.5 Å². The van der Waals surface area contributed by atoms with E-state index in [1.807, 2.05) is 0 Å². The molecule has 0 spiro atoms. The van der Waals surface area contributed by atoms with Crippen molar-refractivity contribution in [1.29, 1.82) is 0 Å². The summed E-state index contributed by atoms with van der Waals surface area (Å²) in [5, 5.41) is 18.9. The van der Waals surface area contributed by atoms with Crippen molar-refractivity contribution in [2.24, 2.45) is 0 Å². The molecular formula is C36H20. The van der Waals surface area contributed by atoms with E-state index in [4.69, 9.17) is 0 Å². The van der Waals surface area contributed by atoms with Crippen molar-refractivity contribution in [2.75, 3.05) is 0 Å². The van der Waals surface area contributed by atoms with E-state index in [2.05, 4.69) is 121 Å². The molecule has 0 saturated heterocycles. The molecule has 0 unspecified atom stereocenters. The van der Waals surface area contributed by atoms with Crippen molar-refractivity contribution in [1.82, 2.24) is 0 Å². The maximum absolute atomic E-state index is 2.47. The van der Waals surface area contributed by atoms with Gasteiger partial charge < -0.3 is 0 Å². The summed E-state index contributed by atoms with van der Waals surface area (Å²) in [6, 6.07) is 45.1. The Morgan fingerprint density at radius 3 is 1.58 bits per heavy atom. The third-order valence-electron chi connectivity index (χ3n) is 8.31. The van der Waals surface area contributed by atoms with Crippen LogP contribution < -0.4 is 0 Å². The molecule has 0 aliphatic rings. The number of benzene rings is 7. The molecule has 0 radical (unpaired) electrons. The number of hydrogen-bond acceptors (Lipinski definition) is 0. The molecule has 0 heteroatoms. The summed E-state index contributed by atoms with van der Waals surface area (Å²) in [5.41, 5.74) is 2.62. The van der Waals surface area contributed by atoms with Crippen LogP contribution >= 0.6 is 0 Å². The topological polar surface area (TPSA) is 0 Å². The van der Waals surface area contributed by atoms with Crippen LogP contribution in [0.3, 0.4) is 0 Å². The lowest BCUT2D eigenvalue weighted by Gasteiger charge is -2.14. The Balaban J connectivity index is 1.65. The highest BCUT2D eigenvalue weighted by Crippen LogP contribution is 2.49. The second kappa shape index (κ2) is 6.50. The van der Waals surface area contributed by atoms with Crippen LogP contribution in [-0.4, -0.2) is 0 Å². The maximum atomic E-state index is 2.47. The quantitative estimate of drug-likeness (QED) is 0.217. The largest absolute Gasteiger partial charge is 0.0622 e. The zero-order chi connectivity index (χ0) is 23.4. The fraction of sp³-hybridized carbons (Fsp3) is 0. The zero-order valence-corrected chi connectivity index (χ0v) is 19.5. The van der Waals surface area contributed by atoms with Crippen LogP contribution in [0.15, 0.2) is 121 Å². The van der Waals surface area contributed by atoms with Gasteiger partial charge in [0.25, 0.3) is 0 Å². The lowest BCUT2D eigenvalue weighted by atomic mass is 9.89. The predicted octanol–water partition coefficient (Wildman–Crippen LogP) is 10.3. The molecule has 0 amide bonds. The van der Waals surface area contributed by atoms with Gasteiger partial charge in [0.15, 0.2) is 0 Å². The van der Waals surface area contributed by atoms with Gasteiger partial charge in [0.05, 0.1) is 0 Å². The van der Waals surface area contributed by atoms with Crippen LogP contribution in [0.1, 0.15) is 0 Å². The monoisotopic (exact) mass is 452 g/mol. The first kappa shape index (κ1) is 18.6. The molecule has 0 aliphatic carbocycles. The van der Waals surface area contributed by atoms with Gasteiger partial charge in [-0.15, -0.1) is 0 Å². The van der Waals surface area contributed by atoms with Crippen molar-refractivity contribution in [3.05, 3.63) is 121 Å². The summed E-state index contributed by atoms with van der Waals surface area (Å²) in [4.78, 5) is 0. The summed E-state index contributed by atoms with van der Waals surface area (Å²) in [6.45, 7) is 0. The fourth-order valence-corrected chi connectivity index (χ4v) is 6.91. The normalized spacial score (nSPS) is 12.4. The molecule has 9 aromatic carbocycles. The SMILES string of the molecule is c1ccc(-c2c3cc4c5ccccc5c5cccc(c3cc3c6cccc7cccc(c23)c76)c54)cc1. The van der Waals surface area contributed by atoms with E-state index in [1.165, 1.54) is 86.5 Å². The van der Waals surface area contributed by atoms with Crippen molar-refractivity contribution in [3.63, 3.8) is 0 Å². The van der Waals surface area contributed by atoms with Crippen molar-refractivity contribution >= 4 is 75.4 Å². The molecular weight excluding hydrogens is 432 g/mol. The van der Waals surface area contributed by atoms with Crippen molar-refractivity contribution in [2.45, 2.75) is 0 Å². The average Bonchev–Trinajstić information content (AvgIpc) is 3.44. The fourth-order valence-electron chi connectivity index (χ4n) is 6.91. The van der Waals surface area contributed by atoms with Gasteiger partial charge in [0.2, 0.25) is 0 Å². The van der Waals surface area contributed by atoms with E-state index in [-0.39, 0.29) is 0 Å². The molecule has 0 bridgehead atoms. The third-order valence-corrected chi connectivity index (χ3v) is 8.31. The van der Waals surface area contributed by atoms with E-state index in [9.17, 15) is 0 Å². The van der Waals surface area contributed by atoms with Crippen LogP contribution in [0.5, 0.6) is 0 Å². The molecule has 0 fully saturated rings. The summed E-state index contributed by atoms with van der Waals surface area (Å²) in [5.74, 6) is 0. The minimum atomic E-state index is 1.28. The van der Waals surface area contributed by atoms with Crippen LogP contribution in [0.2, 0.25) is 0 Å². The van der Waals surface area contributed by atoms with E-state index >= 15 is 0 Å². The Kier molecular flexibility index (Phi) is 3.36. The second-order valence-corrected chi connectivity index (χ2v) is 10.0. The molecule has 0 aliphatic heterocycles. The molecule has 0 N–H and O–H groups in total. The Labute approximate surface area is 207 Å². The molecule has 164 valence electrons. The van der Waals surface area contributed by atoms with Crippen LogP contribution in [0.4, 0.5) is 0 Å². The average molecular weight is 453 g/mol. The molecule has 0 nitrogen and oxygen atoms in total. The molecule has 36 heavy (non-hydrogen) atoms. The highest BCUT2D eigenvalue weighted by Gasteiger charge is 2.21. The van der Waals surface area contributed by atoms with Crippen LogP contribution in [-0.2, 0) is 0 Å². The van der Waals surface area contributed by atoms with Gasteiger partial charge in [0.1, 0.15) is 0 Å². The van der Waals surface area contributed by atoms with E-state index in [0.29, 0.717) is 0 Å². The van der Waals surface area contributed by atoms with E-state index in [0.717, 1.165) is 0 Å². The first-order valence-corrected chi connectivity index (χ1v) is 12.6. The van der Waals surface area contributed by atoms with Gasteiger partial charge in [0, 0.05) is 0 Å². The number of hydrogen-bond donors (Lipinski definition) is 0. The van der Waals surface area contributed by atoms with Gasteiger partial charge in [-0.1, -0.05) is 109 Å². The molecule has 0 aromatic heterocycles. The lowest BCUT2D eigenvalue weighted by Crippen LogP contribution is -1.86. The van der Waals surface area contributed by atoms with E-state index in [1.54, 1.807) is 0 Å². The summed E-state index contributed by atoms with van der Waals surface area (Å²) in [7, 11) is 0. The Hall–Kier alpha value is -4.68. The Bertz CT molecular complexity index is 2280. The van der Waals surface area contributed by atoms with Gasteiger partial charge >= 0.3 is 0 Å². The van der Waals surface area contributed by atoms with Gasteiger partial charge in [-0.3, -0.25) is 0 Å². The van der Waals surface area contributed by atoms with Crippen molar-refractivity contribution in [3.8, 4) is 11.1 Å². The Morgan fingerprint density at radius 2 is 0.806 bits per heavy atom. The lowest BCUT2D eigenvalue weighted by molar-refractivity contribution is 1.69. The van der Waals surface area contributed by atoms with Gasteiger partial charge in [-0.25, -0.2) is 0 Å². The minimum absolute atomic E-state index is 1.28. The molecule has 9 aromatic rings. The second-order valence-electron chi connectivity index (χ2n) is 10.0. The third kappa shape index (κ3) is 2.16. The first-order valence-electron chi connectivity index (χ1n) is 12.6. The smallest absolute Gasteiger partial charge is 0.00137 e. The highest BCUT2D eigenvalue weighted by atomic mass is 14.2. The summed E-state index contributed by atoms with van der Waals surface area (Å²) in [6.07, 6.45) is 0. The standard InChI is InChI=1S/C36H20/c1-2-9-22(10-3-1)34-32-20-30-24-14-5-4-13-23(24)25-16-8-17-26(35(25)30)29(32)19-31-27-15-6-11-21-12-7-18-28(33(21)27)36(31)34/h1-20H. The highest BCUT2D eigenvalue weighted by molar-refractivity contribution is 6.40. The maximum Gasteiger partial charge on any atom is -0.00137 e. The number of fused-ring (bicyclic) bond motifs is 8. The predicted molar refractivity (Wildman–Crippen MR) is 157 cm³/mol. The number of rotatable bonds is 1. The first-order chi connectivity index (χ1) is 17.9. The summed E-state index contributed by atoms with van der Waals surface area (Å²) < 4.78 is 0. The van der Waals surface area contributed by atoms with Gasteiger partial charge in [-0.2, -0.15) is 0 Å². The van der Waals surface area contributed by atoms with Crippen LogP contribution in [0, 0.1) is 0 Å². The molecule has 0 atom stereocenters.